The number of hydrogen-bond donors (Lipinski definition) is 2. The smallest absolute Gasteiger partial charge is 0.429 e. The van der Waals surface area contributed by atoms with Gasteiger partial charge in [-0.2, -0.15) is 18.3 Å². The zero-order valence-corrected chi connectivity index (χ0v) is 16.9. The largest absolute Gasteiger partial charge is 0.472 e. The number of aromatic nitrogens is 3. The van der Waals surface area contributed by atoms with Gasteiger partial charge in [0.2, 0.25) is 6.10 Å². The fraction of sp³-hybridized carbons (Fsp3) is 0.391. The van der Waals surface area contributed by atoms with E-state index in [1.54, 1.807) is 0 Å². The lowest BCUT2D eigenvalue weighted by Crippen LogP contribution is -2.29. The van der Waals surface area contributed by atoms with Crippen molar-refractivity contribution in [3.63, 3.8) is 0 Å². The average Bonchev–Trinajstić information content (AvgIpc) is 3.29. The minimum absolute atomic E-state index is 0.0997. The van der Waals surface area contributed by atoms with Crippen molar-refractivity contribution in [3.8, 4) is 16.9 Å². The van der Waals surface area contributed by atoms with Gasteiger partial charge in [0.15, 0.2) is 11.6 Å². The third kappa shape index (κ3) is 4.80. The van der Waals surface area contributed by atoms with E-state index in [0.29, 0.717) is 12.1 Å². The zero-order chi connectivity index (χ0) is 32.3. The van der Waals surface area contributed by atoms with Crippen LogP contribution in [0.1, 0.15) is 55.4 Å². The summed E-state index contributed by atoms with van der Waals surface area (Å²) >= 11 is 0. The van der Waals surface area contributed by atoms with Crippen LogP contribution in [-0.2, 0) is 0 Å². The van der Waals surface area contributed by atoms with Gasteiger partial charge in [-0.05, 0) is 62.8 Å². The monoisotopic (exact) mass is 473 g/mol. The quantitative estimate of drug-likeness (QED) is 0.516. The maximum atomic E-state index is 14.8. The molecule has 3 N–H and O–H groups in total. The number of nitrogens with one attached hydrogen (secondary N) is 1. The number of alkyl halides is 3. The second-order valence-corrected chi connectivity index (χ2v) is 7.28. The first-order valence-electron chi connectivity index (χ1n) is 14.6. The van der Waals surface area contributed by atoms with Crippen LogP contribution in [0.25, 0.3) is 11.1 Å². The molecule has 1 atom stereocenters. The highest BCUT2D eigenvalue weighted by atomic mass is 19.4. The Balaban J connectivity index is 1.78. The van der Waals surface area contributed by atoms with Gasteiger partial charge in [-0.3, -0.25) is 4.68 Å². The predicted molar refractivity (Wildman–Crippen MR) is 116 cm³/mol. The molecule has 1 aliphatic rings. The molecule has 176 valence electrons. The van der Waals surface area contributed by atoms with Gasteiger partial charge >= 0.3 is 6.18 Å². The van der Waals surface area contributed by atoms with Crippen molar-refractivity contribution in [2.45, 2.75) is 44.9 Å². The summed E-state index contributed by atoms with van der Waals surface area (Å²) in [6, 6.07) is 1.31. The Hall–Kier alpha value is -3.14. The molecule has 10 heteroatoms. The van der Waals surface area contributed by atoms with E-state index in [0.717, 1.165) is 12.3 Å². The lowest BCUT2D eigenvalue weighted by Gasteiger charge is -2.26. The molecule has 1 unspecified atom stereocenters. The Bertz CT molecular complexity index is 1490. The number of benzene rings is 1. The SMILES string of the molecule is [2H]C1([2H])CC(n2cc(-c3cnc(N)c(OC(c4c(C([2H])([2H])[2H])ccc(F)c4C([2H])([2H])[2H])C(F)(F)F)c3)cn2)CC([2H])([2H])N1. The standard InChI is InChI=1S/C23H25F4N5O/c1-13-3-4-18(24)14(2)20(13)21(23(25,26)27)33-19-9-15(10-30-22(19)28)16-11-31-32(12-16)17-5-7-29-8-6-17/h3-4,9-12,17,21,29H,5-8H2,1-2H3,(H2,28,30)/i1D3,2D3,7D2,8D2. The molecule has 0 radical (unpaired) electrons. The molecule has 2 aromatic heterocycles. The molecule has 0 amide bonds. The van der Waals surface area contributed by atoms with Crippen LogP contribution in [0.2, 0.25) is 0 Å². The number of ether oxygens (including phenoxy) is 1. The fourth-order valence-electron chi connectivity index (χ4n) is 3.34. The maximum Gasteiger partial charge on any atom is 0.429 e. The van der Waals surface area contributed by atoms with Gasteiger partial charge in [0.05, 0.1) is 12.2 Å². The number of aryl methyl sites for hydroxylation is 1. The van der Waals surface area contributed by atoms with E-state index in [4.69, 9.17) is 24.2 Å². The van der Waals surface area contributed by atoms with Crippen molar-refractivity contribution in [3.05, 3.63) is 59.3 Å². The number of anilines is 1. The Morgan fingerprint density at radius 2 is 2.03 bits per heavy atom. The lowest BCUT2D eigenvalue weighted by atomic mass is 9.97. The minimum atomic E-state index is -5.45. The molecule has 3 heterocycles. The number of nitrogens with two attached hydrogens (primary N) is 1. The Morgan fingerprint density at radius 3 is 2.73 bits per heavy atom. The first-order valence-corrected chi connectivity index (χ1v) is 9.65. The molecule has 33 heavy (non-hydrogen) atoms. The third-order valence-electron chi connectivity index (χ3n) is 5.04. The highest BCUT2D eigenvalue weighted by Crippen LogP contribution is 2.41. The minimum Gasteiger partial charge on any atom is -0.472 e. The predicted octanol–water partition coefficient (Wildman–Crippen LogP) is 4.89. The molecule has 6 nitrogen and oxygen atoms in total. The summed E-state index contributed by atoms with van der Waals surface area (Å²) in [6.45, 7) is -10.9. The van der Waals surface area contributed by atoms with Crippen LogP contribution in [0.5, 0.6) is 5.75 Å². The molecule has 1 aliphatic heterocycles. The van der Waals surface area contributed by atoms with Gasteiger partial charge in [-0.25, -0.2) is 9.37 Å². The second kappa shape index (κ2) is 9.01. The van der Waals surface area contributed by atoms with Crippen molar-refractivity contribution in [1.29, 1.82) is 0 Å². The number of pyridine rings is 1. The van der Waals surface area contributed by atoms with Gasteiger partial charge in [0, 0.05) is 42.8 Å². The molecule has 4 rings (SSSR count). The molecule has 1 saturated heterocycles. The molecule has 0 spiro atoms. The maximum absolute atomic E-state index is 14.8. The van der Waals surface area contributed by atoms with Crippen molar-refractivity contribution >= 4 is 5.82 Å². The van der Waals surface area contributed by atoms with E-state index in [1.165, 1.54) is 17.1 Å². The van der Waals surface area contributed by atoms with Gasteiger partial charge in [-0.15, -0.1) is 0 Å². The molecule has 0 bridgehead atoms. The van der Waals surface area contributed by atoms with Gasteiger partial charge < -0.3 is 15.8 Å². The van der Waals surface area contributed by atoms with Gasteiger partial charge in [0.25, 0.3) is 0 Å². The second-order valence-electron chi connectivity index (χ2n) is 7.28. The van der Waals surface area contributed by atoms with Crippen LogP contribution in [0.4, 0.5) is 23.4 Å². The van der Waals surface area contributed by atoms with Crippen LogP contribution in [-0.4, -0.2) is 33.9 Å². The van der Waals surface area contributed by atoms with E-state index in [1.807, 2.05) is 0 Å². The van der Waals surface area contributed by atoms with Crippen molar-refractivity contribution < 1.29 is 36.0 Å². The molecule has 0 aliphatic carbocycles. The van der Waals surface area contributed by atoms with Crippen LogP contribution in [0, 0.1) is 19.5 Å². The number of hydrogen-bond acceptors (Lipinski definition) is 5. The summed E-state index contributed by atoms with van der Waals surface area (Å²) in [5.74, 6) is -2.88. The van der Waals surface area contributed by atoms with Crippen molar-refractivity contribution in [1.82, 2.24) is 20.1 Å². The summed E-state index contributed by atoms with van der Waals surface area (Å²) in [6.07, 6.45) is -5.17. The lowest BCUT2D eigenvalue weighted by molar-refractivity contribution is -0.198. The van der Waals surface area contributed by atoms with Gasteiger partial charge in [0.1, 0.15) is 5.82 Å². The number of nitrogen functional groups attached to an aromatic ring is 1. The van der Waals surface area contributed by atoms with E-state index in [9.17, 15) is 17.6 Å². The van der Waals surface area contributed by atoms with E-state index < -0.39 is 79.1 Å². The number of halogens is 4. The highest BCUT2D eigenvalue weighted by molar-refractivity contribution is 5.66. The molecule has 0 saturated carbocycles. The van der Waals surface area contributed by atoms with Gasteiger partial charge in [-0.1, -0.05) is 6.07 Å². The normalized spacial score (nSPS) is 24.4. The van der Waals surface area contributed by atoms with E-state index >= 15 is 0 Å². The van der Waals surface area contributed by atoms with E-state index in [2.05, 4.69) is 15.4 Å². The van der Waals surface area contributed by atoms with Crippen LogP contribution in [0.3, 0.4) is 0 Å². The summed E-state index contributed by atoms with van der Waals surface area (Å²) < 4.78 is 142. The first-order chi connectivity index (χ1) is 19.5. The Kier molecular flexibility index (Phi) is 3.70. The highest BCUT2D eigenvalue weighted by Gasteiger charge is 2.45. The van der Waals surface area contributed by atoms with Crippen LogP contribution < -0.4 is 15.8 Å². The first kappa shape index (κ1) is 13.5. The van der Waals surface area contributed by atoms with Crippen LogP contribution >= 0.6 is 0 Å². The fourth-order valence-corrected chi connectivity index (χ4v) is 3.34. The molecule has 1 aromatic carbocycles. The van der Waals surface area contributed by atoms with E-state index in [-0.39, 0.29) is 24.0 Å². The molecule has 3 aromatic rings. The third-order valence-corrected chi connectivity index (χ3v) is 5.04. The summed E-state index contributed by atoms with van der Waals surface area (Å²) in [5.41, 5.74) is 2.16. The summed E-state index contributed by atoms with van der Waals surface area (Å²) in [5, 5.41) is 6.40. The molecule has 1 fully saturated rings. The topological polar surface area (TPSA) is 78.0 Å². The molecular formula is C23H25F4N5O. The number of piperidine rings is 1. The number of nitrogens with zero attached hydrogens (tertiary/aromatic N) is 3. The van der Waals surface area contributed by atoms with Crippen LogP contribution in [0.15, 0.2) is 36.8 Å². The Labute approximate surface area is 202 Å². The summed E-state index contributed by atoms with van der Waals surface area (Å²) in [7, 11) is 0. The average molecular weight is 474 g/mol. The van der Waals surface area contributed by atoms with Crippen molar-refractivity contribution in [2.24, 2.45) is 0 Å². The zero-order valence-electron chi connectivity index (χ0n) is 26.9. The molecular weight excluding hydrogens is 438 g/mol. The Morgan fingerprint density at radius 1 is 1.24 bits per heavy atom. The van der Waals surface area contributed by atoms with Crippen molar-refractivity contribution in [2.75, 3.05) is 18.7 Å². The summed E-state index contributed by atoms with van der Waals surface area (Å²) in [4.78, 5) is 3.83. The number of rotatable bonds is 5.